The number of hydrogen-bond donors (Lipinski definition) is 2. The molecule has 0 amide bonds. The van der Waals surface area contributed by atoms with E-state index in [2.05, 4.69) is 20.2 Å². The minimum Gasteiger partial charge on any atom is -0.382 e. The van der Waals surface area contributed by atoms with Gasteiger partial charge in [0.25, 0.3) is 0 Å². The summed E-state index contributed by atoms with van der Waals surface area (Å²) < 4.78 is 1.85. The highest BCUT2D eigenvalue weighted by atomic mass is 32.2. The third-order valence-electron chi connectivity index (χ3n) is 2.57. The third-order valence-corrected chi connectivity index (χ3v) is 3.40. The van der Waals surface area contributed by atoms with Crippen LogP contribution in [0.3, 0.4) is 0 Å². The second-order valence-corrected chi connectivity index (χ2v) is 5.04. The minimum absolute atomic E-state index is 0.0801. The van der Waals surface area contributed by atoms with Crippen molar-refractivity contribution in [3.05, 3.63) is 41.9 Å². The van der Waals surface area contributed by atoms with Gasteiger partial charge in [-0.05, 0) is 36.9 Å². The van der Waals surface area contributed by atoms with Crippen molar-refractivity contribution in [1.82, 2.24) is 24.6 Å². The Bertz CT molecular complexity index is 795. The highest BCUT2D eigenvalue weighted by molar-refractivity contribution is 7.99. The lowest BCUT2D eigenvalue weighted by molar-refractivity contribution is 0.884. The van der Waals surface area contributed by atoms with Gasteiger partial charge in [-0.2, -0.15) is 0 Å². The summed E-state index contributed by atoms with van der Waals surface area (Å²) in [6, 6.07) is 7.34. The van der Waals surface area contributed by atoms with E-state index in [9.17, 15) is 0 Å². The molecule has 3 aromatic heterocycles. The standard InChI is InChI=1S/C12H11N7S/c1-7-6-8(10(13)14)16-11(15-7)20-12-18-17-9-4-2-3-5-19(9)12/h2-6H,1H3,(H3,13,14). The van der Waals surface area contributed by atoms with E-state index in [0.29, 0.717) is 16.0 Å². The first kappa shape index (κ1) is 12.5. The Balaban J connectivity index is 2.00. The summed E-state index contributed by atoms with van der Waals surface area (Å²) >= 11 is 1.28. The molecule has 0 aliphatic heterocycles. The average Bonchev–Trinajstić information content (AvgIpc) is 2.82. The zero-order chi connectivity index (χ0) is 14.1. The fourth-order valence-corrected chi connectivity index (χ4v) is 2.53. The molecule has 0 unspecified atom stereocenters. The molecule has 3 rings (SSSR count). The van der Waals surface area contributed by atoms with Crippen molar-refractivity contribution in [3.8, 4) is 0 Å². The summed E-state index contributed by atoms with van der Waals surface area (Å²) in [5.74, 6) is -0.0801. The van der Waals surface area contributed by atoms with Gasteiger partial charge in [-0.25, -0.2) is 9.97 Å². The van der Waals surface area contributed by atoms with E-state index >= 15 is 0 Å². The molecule has 3 aromatic rings. The summed E-state index contributed by atoms with van der Waals surface area (Å²) in [6.45, 7) is 1.83. The molecule has 3 heterocycles. The highest BCUT2D eigenvalue weighted by Crippen LogP contribution is 2.23. The van der Waals surface area contributed by atoms with Gasteiger partial charge in [0.05, 0.1) is 0 Å². The van der Waals surface area contributed by atoms with Crippen LogP contribution in [-0.2, 0) is 0 Å². The third kappa shape index (κ3) is 2.32. The Morgan fingerprint density at radius 1 is 1.30 bits per heavy atom. The van der Waals surface area contributed by atoms with Crippen LogP contribution >= 0.6 is 11.8 Å². The number of nitrogens with two attached hydrogens (primary N) is 1. The van der Waals surface area contributed by atoms with Crippen molar-refractivity contribution < 1.29 is 0 Å². The zero-order valence-corrected chi connectivity index (χ0v) is 11.4. The fourth-order valence-electron chi connectivity index (χ4n) is 1.70. The molecule has 0 saturated heterocycles. The predicted octanol–water partition coefficient (Wildman–Crippen LogP) is 1.26. The summed E-state index contributed by atoms with van der Waals surface area (Å²) in [6.07, 6.45) is 1.87. The number of hydrogen-bond acceptors (Lipinski definition) is 6. The first-order valence-electron chi connectivity index (χ1n) is 5.81. The second-order valence-electron chi connectivity index (χ2n) is 4.10. The number of nitrogens with zero attached hydrogens (tertiary/aromatic N) is 5. The number of pyridine rings is 1. The van der Waals surface area contributed by atoms with Crippen molar-refractivity contribution in [2.24, 2.45) is 5.73 Å². The van der Waals surface area contributed by atoms with Gasteiger partial charge in [0.15, 0.2) is 10.8 Å². The Morgan fingerprint density at radius 2 is 2.15 bits per heavy atom. The van der Waals surface area contributed by atoms with Crippen molar-refractivity contribution in [1.29, 1.82) is 5.41 Å². The monoisotopic (exact) mass is 285 g/mol. The van der Waals surface area contributed by atoms with Crippen LogP contribution in [0, 0.1) is 12.3 Å². The molecule has 7 nitrogen and oxygen atoms in total. The normalized spacial score (nSPS) is 10.8. The molecule has 20 heavy (non-hydrogen) atoms. The zero-order valence-electron chi connectivity index (χ0n) is 10.6. The molecule has 0 fully saturated rings. The van der Waals surface area contributed by atoms with Crippen LogP contribution in [0.5, 0.6) is 0 Å². The van der Waals surface area contributed by atoms with Gasteiger partial charge in [0.2, 0.25) is 5.16 Å². The minimum atomic E-state index is -0.0801. The predicted molar refractivity (Wildman–Crippen MR) is 74.9 cm³/mol. The second kappa shape index (κ2) is 4.89. The van der Waals surface area contributed by atoms with Crippen LogP contribution in [0.15, 0.2) is 40.8 Å². The fraction of sp³-hybridized carbons (Fsp3) is 0.0833. The highest BCUT2D eigenvalue weighted by Gasteiger charge is 2.11. The molecule has 0 radical (unpaired) electrons. The number of aryl methyl sites for hydroxylation is 1. The molecule has 100 valence electrons. The Labute approximate surface area is 118 Å². The maximum Gasteiger partial charge on any atom is 0.203 e. The number of rotatable bonds is 3. The van der Waals surface area contributed by atoms with E-state index in [4.69, 9.17) is 11.1 Å². The summed E-state index contributed by atoms with van der Waals surface area (Å²) in [4.78, 5) is 8.55. The largest absolute Gasteiger partial charge is 0.382 e. The maximum atomic E-state index is 7.45. The first-order chi connectivity index (χ1) is 9.63. The Morgan fingerprint density at radius 3 is 2.95 bits per heavy atom. The molecule has 0 aromatic carbocycles. The molecule has 3 N–H and O–H groups in total. The summed E-state index contributed by atoms with van der Waals surface area (Å²) in [5, 5.41) is 16.8. The summed E-state index contributed by atoms with van der Waals surface area (Å²) in [5.41, 5.74) is 7.39. The molecule has 0 bridgehead atoms. The van der Waals surface area contributed by atoms with Crippen molar-refractivity contribution in [2.45, 2.75) is 17.2 Å². The number of nitrogens with one attached hydrogen (secondary N) is 1. The van der Waals surface area contributed by atoms with Gasteiger partial charge in [-0.3, -0.25) is 9.81 Å². The lowest BCUT2D eigenvalue weighted by atomic mass is 10.3. The van der Waals surface area contributed by atoms with Crippen molar-refractivity contribution in [3.63, 3.8) is 0 Å². The number of nitrogen functional groups attached to an aromatic ring is 1. The average molecular weight is 285 g/mol. The lowest BCUT2D eigenvalue weighted by Crippen LogP contribution is -2.14. The SMILES string of the molecule is Cc1cc(C(=N)N)nc(Sc2nnc3ccccn23)n1. The molecule has 0 spiro atoms. The number of amidine groups is 1. The molecule has 0 atom stereocenters. The van der Waals surface area contributed by atoms with E-state index in [0.717, 1.165) is 11.3 Å². The molecule has 0 aliphatic rings. The van der Waals surface area contributed by atoms with Crippen LogP contribution in [-0.4, -0.2) is 30.4 Å². The maximum absolute atomic E-state index is 7.45. The van der Waals surface area contributed by atoms with E-state index in [1.165, 1.54) is 11.8 Å². The quantitative estimate of drug-likeness (QED) is 0.426. The van der Waals surface area contributed by atoms with E-state index in [1.807, 2.05) is 35.7 Å². The van der Waals surface area contributed by atoms with Gasteiger partial charge < -0.3 is 5.73 Å². The van der Waals surface area contributed by atoms with Crippen LogP contribution in [0.4, 0.5) is 0 Å². The Hall–Kier alpha value is -2.48. The molecule has 8 heteroatoms. The van der Waals surface area contributed by atoms with E-state index in [1.54, 1.807) is 6.07 Å². The lowest BCUT2D eigenvalue weighted by Gasteiger charge is -2.03. The topological polar surface area (TPSA) is 106 Å². The van der Waals surface area contributed by atoms with Crippen LogP contribution in [0.1, 0.15) is 11.4 Å². The van der Waals surface area contributed by atoms with Crippen LogP contribution in [0.2, 0.25) is 0 Å². The molecular formula is C12H11N7S. The molecular weight excluding hydrogens is 274 g/mol. The van der Waals surface area contributed by atoms with Gasteiger partial charge in [-0.1, -0.05) is 6.07 Å². The van der Waals surface area contributed by atoms with Gasteiger partial charge in [0, 0.05) is 11.9 Å². The van der Waals surface area contributed by atoms with Gasteiger partial charge >= 0.3 is 0 Å². The van der Waals surface area contributed by atoms with E-state index in [-0.39, 0.29) is 5.84 Å². The summed E-state index contributed by atoms with van der Waals surface area (Å²) in [7, 11) is 0. The Kier molecular flexibility index (Phi) is 3.07. The van der Waals surface area contributed by atoms with Crippen molar-refractivity contribution in [2.75, 3.05) is 0 Å². The number of aromatic nitrogens is 5. The van der Waals surface area contributed by atoms with E-state index < -0.39 is 0 Å². The van der Waals surface area contributed by atoms with Crippen LogP contribution < -0.4 is 5.73 Å². The first-order valence-corrected chi connectivity index (χ1v) is 6.63. The van der Waals surface area contributed by atoms with Gasteiger partial charge in [-0.15, -0.1) is 10.2 Å². The van der Waals surface area contributed by atoms with Gasteiger partial charge in [0.1, 0.15) is 11.5 Å². The molecule has 0 aliphatic carbocycles. The van der Waals surface area contributed by atoms with Crippen molar-refractivity contribution >= 4 is 23.2 Å². The smallest absolute Gasteiger partial charge is 0.203 e. The molecule has 0 saturated carbocycles. The number of fused-ring (bicyclic) bond motifs is 1. The van der Waals surface area contributed by atoms with Crippen LogP contribution in [0.25, 0.3) is 5.65 Å².